The highest BCUT2D eigenvalue weighted by atomic mass is 32.1. The molecule has 0 saturated carbocycles. The molecule has 18 heavy (non-hydrogen) atoms. The molecule has 2 rings (SSSR count). The number of primary amides is 1. The van der Waals surface area contributed by atoms with Crippen molar-refractivity contribution in [2.75, 3.05) is 5.32 Å². The van der Waals surface area contributed by atoms with Gasteiger partial charge in [0.2, 0.25) is 0 Å². The molecule has 0 unspecified atom stereocenters. The first kappa shape index (κ1) is 12.2. The minimum atomic E-state index is -0.707. The monoisotopic (exact) mass is 266 g/mol. The van der Waals surface area contributed by atoms with Gasteiger partial charge >= 0.3 is 6.03 Å². The number of nitrogens with two attached hydrogens (primary N) is 1. The van der Waals surface area contributed by atoms with Crippen LogP contribution >= 0.6 is 11.3 Å². The van der Waals surface area contributed by atoms with Gasteiger partial charge in [-0.05, 0) is 12.5 Å². The van der Waals surface area contributed by atoms with Crippen molar-refractivity contribution in [3.8, 4) is 0 Å². The number of rotatable bonds is 3. The number of benzene rings is 1. The maximum absolute atomic E-state index is 10.9. The average Bonchev–Trinajstić information content (AvgIpc) is 2.68. The molecule has 2 aromatic rings. The summed E-state index contributed by atoms with van der Waals surface area (Å²) in [5.41, 5.74) is 6.31. The summed E-state index contributed by atoms with van der Waals surface area (Å²) in [6.45, 7) is 1.84. The SMILES string of the molecule is CCc1c([N+](=O)[O-])ccc2nc(NC(N)=O)sc12. The smallest absolute Gasteiger partial charge is 0.318 e. The average molecular weight is 266 g/mol. The van der Waals surface area contributed by atoms with Crippen LogP contribution in [0.15, 0.2) is 12.1 Å². The van der Waals surface area contributed by atoms with Crippen LogP contribution in [-0.2, 0) is 6.42 Å². The first-order chi connectivity index (χ1) is 8.52. The van der Waals surface area contributed by atoms with Crippen molar-refractivity contribution in [2.24, 2.45) is 5.73 Å². The lowest BCUT2D eigenvalue weighted by atomic mass is 10.1. The summed E-state index contributed by atoms with van der Waals surface area (Å²) in [4.78, 5) is 25.4. The van der Waals surface area contributed by atoms with Crippen molar-refractivity contribution in [1.29, 1.82) is 0 Å². The van der Waals surface area contributed by atoms with E-state index in [4.69, 9.17) is 5.73 Å². The molecule has 0 saturated heterocycles. The van der Waals surface area contributed by atoms with E-state index in [1.165, 1.54) is 17.4 Å². The van der Waals surface area contributed by atoms with Crippen molar-refractivity contribution in [3.05, 3.63) is 27.8 Å². The van der Waals surface area contributed by atoms with Crippen molar-refractivity contribution in [3.63, 3.8) is 0 Å². The number of carbonyl (C=O) groups is 1. The molecule has 0 fully saturated rings. The van der Waals surface area contributed by atoms with E-state index < -0.39 is 11.0 Å². The summed E-state index contributed by atoms with van der Waals surface area (Å²) < 4.78 is 0.704. The number of amides is 2. The fraction of sp³-hybridized carbons (Fsp3) is 0.200. The zero-order valence-electron chi connectivity index (χ0n) is 9.47. The fourth-order valence-electron chi connectivity index (χ4n) is 1.71. The van der Waals surface area contributed by atoms with Crippen molar-refractivity contribution in [2.45, 2.75) is 13.3 Å². The molecule has 0 aliphatic carbocycles. The van der Waals surface area contributed by atoms with E-state index in [0.717, 1.165) is 0 Å². The Morgan fingerprint density at radius 1 is 1.61 bits per heavy atom. The third kappa shape index (κ3) is 2.09. The molecule has 7 nitrogen and oxygen atoms in total. The highest BCUT2D eigenvalue weighted by Gasteiger charge is 2.18. The number of anilines is 1. The van der Waals surface area contributed by atoms with E-state index in [1.807, 2.05) is 6.92 Å². The summed E-state index contributed by atoms with van der Waals surface area (Å²) in [5.74, 6) is 0. The van der Waals surface area contributed by atoms with Gasteiger partial charge in [-0.3, -0.25) is 15.4 Å². The molecule has 0 spiro atoms. The Bertz CT molecular complexity index is 637. The highest BCUT2D eigenvalue weighted by molar-refractivity contribution is 7.22. The molecule has 94 valence electrons. The molecule has 1 aromatic heterocycles. The standard InChI is InChI=1S/C10H10N4O3S/c1-2-5-7(14(16)17)4-3-6-8(5)18-10(12-6)13-9(11)15/h3-4H,2H2,1H3,(H3,11,12,13,15). The Labute approximate surface area is 106 Å². The Balaban J connectivity index is 2.61. The summed E-state index contributed by atoms with van der Waals surface area (Å²) in [6.07, 6.45) is 0.520. The van der Waals surface area contributed by atoms with Crippen LogP contribution in [0.1, 0.15) is 12.5 Å². The van der Waals surface area contributed by atoms with Crippen molar-refractivity contribution in [1.82, 2.24) is 4.98 Å². The molecule has 0 bridgehead atoms. The number of nitro groups is 1. The second-order valence-corrected chi connectivity index (χ2v) is 4.53. The zero-order valence-corrected chi connectivity index (χ0v) is 10.3. The summed E-state index contributed by atoms with van der Waals surface area (Å²) >= 11 is 1.18. The third-order valence-electron chi connectivity index (χ3n) is 2.42. The zero-order chi connectivity index (χ0) is 13.3. The van der Waals surface area contributed by atoms with Crippen molar-refractivity contribution >= 4 is 38.4 Å². The molecule has 3 N–H and O–H groups in total. The lowest BCUT2D eigenvalue weighted by Crippen LogP contribution is -2.18. The minimum absolute atomic E-state index is 0.0688. The lowest BCUT2D eigenvalue weighted by Gasteiger charge is -1.99. The van der Waals surface area contributed by atoms with E-state index in [1.54, 1.807) is 6.07 Å². The van der Waals surface area contributed by atoms with E-state index in [0.29, 0.717) is 27.3 Å². The number of aromatic nitrogens is 1. The lowest BCUT2D eigenvalue weighted by molar-refractivity contribution is -0.385. The topological polar surface area (TPSA) is 111 Å². The van der Waals surface area contributed by atoms with Crippen LogP contribution < -0.4 is 11.1 Å². The number of hydrogen-bond donors (Lipinski definition) is 2. The Kier molecular flexibility index (Phi) is 3.11. The molecular formula is C10H10N4O3S. The van der Waals surface area contributed by atoms with Gasteiger partial charge in [0, 0.05) is 11.6 Å². The summed E-state index contributed by atoms with van der Waals surface area (Å²) in [6, 6.07) is 2.28. The highest BCUT2D eigenvalue weighted by Crippen LogP contribution is 2.34. The molecule has 1 aromatic carbocycles. The van der Waals surface area contributed by atoms with E-state index >= 15 is 0 Å². The molecule has 0 radical (unpaired) electrons. The molecule has 1 heterocycles. The number of nitrogens with one attached hydrogen (secondary N) is 1. The summed E-state index contributed by atoms with van der Waals surface area (Å²) in [7, 11) is 0. The van der Waals surface area contributed by atoms with Gasteiger partial charge < -0.3 is 5.73 Å². The van der Waals surface area contributed by atoms with Crippen LogP contribution in [0.3, 0.4) is 0 Å². The molecule has 8 heteroatoms. The quantitative estimate of drug-likeness (QED) is 0.655. The van der Waals surface area contributed by atoms with Crippen LogP contribution in [-0.4, -0.2) is 15.9 Å². The maximum atomic E-state index is 10.9. The first-order valence-corrected chi connectivity index (χ1v) is 5.97. The number of thiazole rings is 1. The van der Waals surface area contributed by atoms with Gasteiger partial charge in [-0.2, -0.15) is 0 Å². The van der Waals surface area contributed by atoms with Gasteiger partial charge in [-0.25, -0.2) is 9.78 Å². The van der Waals surface area contributed by atoms with E-state index in [2.05, 4.69) is 10.3 Å². The Morgan fingerprint density at radius 2 is 2.33 bits per heavy atom. The Hall–Kier alpha value is -2.22. The number of carbonyl (C=O) groups excluding carboxylic acids is 1. The molecule has 0 aliphatic heterocycles. The number of nitro benzene ring substituents is 1. The van der Waals surface area contributed by atoms with Crippen LogP contribution in [0.5, 0.6) is 0 Å². The minimum Gasteiger partial charge on any atom is -0.351 e. The molecule has 0 atom stereocenters. The predicted octanol–water partition coefficient (Wildman–Crippen LogP) is 2.26. The second kappa shape index (κ2) is 4.57. The van der Waals surface area contributed by atoms with E-state index in [-0.39, 0.29) is 5.69 Å². The van der Waals surface area contributed by atoms with Crippen LogP contribution in [0, 0.1) is 10.1 Å². The van der Waals surface area contributed by atoms with Crippen LogP contribution in [0.25, 0.3) is 10.2 Å². The first-order valence-electron chi connectivity index (χ1n) is 5.16. The number of fused-ring (bicyclic) bond motifs is 1. The van der Waals surface area contributed by atoms with Crippen LogP contribution in [0.2, 0.25) is 0 Å². The number of hydrogen-bond acceptors (Lipinski definition) is 5. The van der Waals surface area contributed by atoms with Gasteiger partial charge in [-0.15, -0.1) is 0 Å². The van der Waals surface area contributed by atoms with Crippen molar-refractivity contribution < 1.29 is 9.72 Å². The number of nitrogens with zero attached hydrogens (tertiary/aromatic N) is 2. The third-order valence-corrected chi connectivity index (χ3v) is 3.46. The van der Waals surface area contributed by atoms with E-state index in [9.17, 15) is 14.9 Å². The van der Waals surface area contributed by atoms with Gasteiger partial charge in [0.1, 0.15) is 0 Å². The normalized spacial score (nSPS) is 10.5. The maximum Gasteiger partial charge on any atom is 0.318 e. The second-order valence-electron chi connectivity index (χ2n) is 3.53. The molecule has 2 amide bonds. The largest absolute Gasteiger partial charge is 0.351 e. The fourth-order valence-corrected chi connectivity index (χ4v) is 2.79. The molecular weight excluding hydrogens is 256 g/mol. The Morgan fingerprint density at radius 3 is 2.89 bits per heavy atom. The van der Waals surface area contributed by atoms with Gasteiger partial charge in [0.15, 0.2) is 5.13 Å². The summed E-state index contributed by atoms with van der Waals surface area (Å²) in [5, 5.41) is 13.6. The van der Waals surface area contributed by atoms with Gasteiger partial charge in [0.05, 0.1) is 15.1 Å². The van der Waals surface area contributed by atoms with Gasteiger partial charge in [0.25, 0.3) is 5.69 Å². The molecule has 0 aliphatic rings. The van der Waals surface area contributed by atoms with Gasteiger partial charge in [-0.1, -0.05) is 18.3 Å². The predicted molar refractivity (Wildman–Crippen MR) is 68.9 cm³/mol. The van der Waals surface area contributed by atoms with Crippen LogP contribution in [0.4, 0.5) is 15.6 Å². The number of aryl methyl sites for hydroxylation is 1. The number of urea groups is 1.